The lowest BCUT2D eigenvalue weighted by molar-refractivity contribution is 0.0945. The Morgan fingerprint density at radius 1 is 1.38 bits per heavy atom. The molecule has 4 N–H and O–H groups in total. The summed E-state index contributed by atoms with van der Waals surface area (Å²) in [6, 6.07) is 8.95. The molecule has 0 bridgehead atoms. The van der Waals surface area contributed by atoms with Crippen LogP contribution in [0.2, 0.25) is 0 Å². The SMILES string of the molecule is Nc1cccc(-n2ccc(C(=O)NCc3cnc[nH]3)n2)c1. The van der Waals surface area contributed by atoms with Crippen LogP contribution in [0.3, 0.4) is 0 Å². The predicted octanol–water partition coefficient (Wildman–Crippen LogP) is 1.11. The zero-order valence-electron chi connectivity index (χ0n) is 11.2. The Labute approximate surface area is 120 Å². The molecule has 0 saturated heterocycles. The van der Waals surface area contributed by atoms with Crippen molar-refractivity contribution in [2.75, 3.05) is 5.73 Å². The molecule has 0 atom stereocenters. The molecule has 2 heterocycles. The van der Waals surface area contributed by atoms with E-state index in [9.17, 15) is 4.79 Å². The smallest absolute Gasteiger partial charge is 0.272 e. The van der Waals surface area contributed by atoms with Gasteiger partial charge < -0.3 is 16.0 Å². The fourth-order valence-corrected chi connectivity index (χ4v) is 1.90. The van der Waals surface area contributed by atoms with Crippen LogP contribution >= 0.6 is 0 Å². The summed E-state index contributed by atoms with van der Waals surface area (Å²) < 4.78 is 1.61. The number of imidazole rings is 1. The number of anilines is 1. The number of nitrogens with one attached hydrogen (secondary N) is 2. The zero-order chi connectivity index (χ0) is 14.7. The van der Waals surface area contributed by atoms with Crippen LogP contribution < -0.4 is 11.1 Å². The quantitative estimate of drug-likeness (QED) is 0.624. The standard InChI is InChI=1S/C14H14N6O/c15-10-2-1-3-12(6-10)20-5-4-13(19-20)14(21)17-8-11-7-16-9-18-11/h1-7,9H,8,15H2,(H,16,18)(H,17,21). The average Bonchev–Trinajstić information content (AvgIpc) is 3.16. The topological polar surface area (TPSA) is 102 Å². The molecule has 3 rings (SSSR count). The summed E-state index contributed by atoms with van der Waals surface area (Å²) in [5, 5.41) is 7.01. The van der Waals surface area contributed by atoms with E-state index in [1.54, 1.807) is 41.6 Å². The molecule has 0 unspecified atom stereocenters. The molecule has 21 heavy (non-hydrogen) atoms. The van der Waals surface area contributed by atoms with Crippen LogP contribution in [0, 0.1) is 0 Å². The number of nitrogens with zero attached hydrogens (tertiary/aromatic N) is 3. The van der Waals surface area contributed by atoms with Gasteiger partial charge in [-0.3, -0.25) is 4.79 Å². The van der Waals surface area contributed by atoms with E-state index in [4.69, 9.17) is 5.73 Å². The maximum Gasteiger partial charge on any atom is 0.272 e. The van der Waals surface area contributed by atoms with E-state index in [0.29, 0.717) is 17.9 Å². The second-order valence-corrected chi connectivity index (χ2v) is 4.50. The van der Waals surface area contributed by atoms with E-state index >= 15 is 0 Å². The molecule has 0 saturated carbocycles. The Bertz CT molecular complexity index is 746. The van der Waals surface area contributed by atoms with Crippen molar-refractivity contribution in [2.24, 2.45) is 0 Å². The van der Waals surface area contributed by atoms with E-state index < -0.39 is 0 Å². The van der Waals surface area contributed by atoms with Crippen molar-refractivity contribution in [3.05, 3.63) is 60.4 Å². The van der Waals surface area contributed by atoms with E-state index in [1.807, 2.05) is 12.1 Å². The number of hydrogen-bond donors (Lipinski definition) is 3. The van der Waals surface area contributed by atoms with Crippen LogP contribution in [-0.2, 0) is 6.54 Å². The minimum atomic E-state index is -0.243. The maximum atomic E-state index is 12.0. The number of carbonyl (C=O) groups excluding carboxylic acids is 1. The Morgan fingerprint density at radius 3 is 3.05 bits per heavy atom. The maximum absolute atomic E-state index is 12.0. The third kappa shape index (κ3) is 2.92. The predicted molar refractivity (Wildman–Crippen MR) is 77.7 cm³/mol. The molecule has 1 aromatic carbocycles. The number of benzene rings is 1. The fraction of sp³-hybridized carbons (Fsp3) is 0.0714. The van der Waals surface area contributed by atoms with Crippen molar-refractivity contribution >= 4 is 11.6 Å². The summed E-state index contributed by atoms with van der Waals surface area (Å²) in [6.07, 6.45) is 4.95. The van der Waals surface area contributed by atoms with Crippen molar-refractivity contribution in [2.45, 2.75) is 6.54 Å². The number of hydrogen-bond acceptors (Lipinski definition) is 4. The largest absolute Gasteiger partial charge is 0.399 e. The van der Waals surface area contributed by atoms with Crippen molar-refractivity contribution in [1.82, 2.24) is 25.1 Å². The number of aromatic amines is 1. The molecule has 0 fully saturated rings. The first-order valence-corrected chi connectivity index (χ1v) is 6.39. The Hall–Kier alpha value is -3.09. The number of amides is 1. The highest BCUT2D eigenvalue weighted by molar-refractivity contribution is 5.92. The zero-order valence-corrected chi connectivity index (χ0v) is 11.2. The normalized spacial score (nSPS) is 10.5. The van der Waals surface area contributed by atoms with Crippen LogP contribution in [-0.4, -0.2) is 25.7 Å². The molecule has 0 spiro atoms. The van der Waals surface area contributed by atoms with Gasteiger partial charge >= 0.3 is 0 Å². The first-order valence-electron chi connectivity index (χ1n) is 6.39. The van der Waals surface area contributed by atoms with Gasteiger partial charge in [0.2, 0.25) is 0 Å². The van der Waals surface area contributed by atoms with Crippen molar-refractivity contribution in [3.8, 4) is 5.69 Å². The highest BCUT2D eigenvalue weighted by Gasteiger charge is 2.10. The van der Waals surface area contributed by atoms with Crippen LogP contribution in [0.5, 0.6) is 0 Å². The molecule has 7 heteroatoms. The molecule has 7 nitrogen and oxygen atoms in total. The van der Waals surface area contributed by atoms with Gasteiger partial charge in [0.15, 0.2) is 5.69 Å². The van der Waals surface area contributed by atoms with Gasteiger partial charge in [0.1, 0.15) is 0 Å². The van der Waals surface area contributed by atoms with E-state index in [0.717, 1.165) is 11.4 Å². The molecule has 0 radical (unpaired) electrons. The fourth-order valence-electron chi connectivity index (χ4n) is 1.90. The lowest BCUT2D eigenvalue weighted by atomic mass is 10.3. The molecule has 3 aromatic rings. The van der Waals surface area contributed by atoms with Gasteiger partial charge in [-0.2, -0.15) is 5.10 Å². The number of H-pyrrole nitrogens is 1. The number of carbonyl (C=O) groups is 1. The molecule has 0 aliphatic carbocycles. The third-order valence-electron chi connectivity index (χ3n) is 2.95. The summed E-state index contributed by atoms with van der Waals surface area (Å²) in [5.74, 6) is -0.243. The summed E-state index contributed by atoms with van der Waals surface area (Å²) in [5.41, 5.74) is 8.37. The molecular weight excluding hydrogens is 268 g/mol. The molecule has 106 valence electrons. The number of nitrogen functional groups attached to an aromatic ring is 1. The lowest BCUT2D eigenvalue weighted by Gasteiger charge is -2.03. The highest BCUT2D eigenvalue weighted by Crippen LogP contribution is 2.11. The van der Waals surface area contributed by atoms with Gasteiger partial charge in [-0.05, 0) is 24.3 Å². The second kappa shape index (κ2) is 5.49. The van der Waals surface area contributed by atoms with Crippen LogP contribution in [0.25, 0.3) is 5.69 Å². The number of nitrogens with two attached hydrogens (primary N) is 1. The monoisotopic (exact) mass is 282 g/mol. The van der Waals surface area contributed by atoms with Gasteiger partial charge in [0, 0.05) is 18.1 Å². The van der Waals surface area contributed by atoms with E-state index in [2.05, 4.69) is 20.4 Å². The van der Waals surface area contributed by atoms with E-state index in [-0.39, 0.29) is 5.91 Å². The van der Waals surface area contributed by atoms with Gasteiger partial charge in [-0.15, -0.1) is 0 Å². The molecule has 1 amide bonds. The Balaban J connectivity index is 1.71. The van der Waals surface area contributed by atoms with Crippen LogP contribution in [0.4, 0.5) is 5.69 Å². The van der Waals surface area contributed by atoms with Crippen molar-refractivity contribution in [3.63, 3.8) is 0 Å². The molecule has 0 aliphatic heterocycles. The van der Waals surface area contributed by atoms with Gasteiger partial charge in [0.25, 0.3) is 5.91 Å². The lowest BCUT2D eigenvalue weighted by Crippen LogP contribution is -2.23. The third-order valence-corrected chi connectivity index (χ3v) is 2.95. The summed E-state index contributed by atoms with van der Waals surface area (Å²) in [6.45, 7) is 0.379. The van der Waals surface area contributed by atoms with Crippen molar-refractivity contribution in [1.29, 1.82) is 0 Å². The summed E-state index contributed by atoms with van der Waals surface area (Å²) in [7, 11) is 0. The molecular formula is C14H14N6O. The highest BCUT2D eigenvalue weighted by atomic mass is 16.1. The van der Waals surface area contributed by atoms with Crippen LogP contribution in [0.1, 0.15) is 16.2 Å². The minimum absolute atomic E-state index is 0.243. The summed E-state index contributed by atoms with van der Waals surface area (Å²) >= 11 is 0. The van der Waals surface area contributed by atoms with Gasteiger partial charge in [0.05, 0.1) is 24.3 Å². The van der Waals surface area contributed by atoms with Crippen molar-refractivity contribution < 1.29 is 4.79 Å². The van der Waals surface area contributed by atoms with E-state index in [1.165, 1.54) is 0 Å². The second-order valence-electron chi connectivity index (χ2n) is 4.50. The molecule has 0 aliphatic rings. The Morgan fingerprint density at radius 2 is 2.29 bits per heavy atom. The Kier molecular flexibility index (Phi) is 3.38. The average molecular weight is 282 g/mol. The summed E-state index contributed by atoms with van der Waals surface area (Å²) in [4.78, 5) is 18.8. The number of aromatic nitrogens is 4. The minimum Gasteiger partial charge on any atom is -0.399 e. The number of rotatable bonds is 4. The first-order chi connectivity index (χ1) is 10.2. The van der Waals surface area contributed by atoms with Crippen LogP contribution in [0.15, 0.2) is 49.1 Å². The first kappa shape index (κ1) is 12.9. The van der Waals surface area contributed by atoms with Gasteiger partial charge in [-0.25, -0.2) is 9.67 Å². The van der Waals surface area contributed by atoms with Gasteiger partial charge in [-0.1, -0.05) is 6.07 Å². The molecule has 2 aromatic heterocycles.